The lowest BCUT2D eigenvalue weighted by molar-refractivity contribution is -0.135. The van der Waals surface area contributed by atoms with Crippen molar-refractivity contribution in [3.8, 4) is 17.2 Å². The molecule has 1 amide bonds. The third kappa shape index (κ3) is 3.94. The summed E-state index contributed by atoms with van der Waals surface area (Å²) in [5.41, 5.74) is 7.65. The molecule has 0 bridgehead atoms. The van der Waals surface area contributed by atoms with Crippen molar-refractivity contribution < 1.29 is 28.6 Å². The molecule has 0 saturated heterocycles. The lowest BCUT2D eigenvalue weighted by Gasteiger charge is -2.26. The molecule has 2 aliphatic rings. The van der Waals surface area contributed by atoms with Crippen LogP contribution in [0.15, 0.2) is 66.7 Å². The lowest BCUT2D eigenvalue weighted by Crippen LogP contribution is -2.22. The van der Waals surface area contributed by atoms with Crippen molar-refractivity contribution in [3.05, 3.63) is 88.9 Å². The van der Waals surface area contributed by atoms with Gasteiger partial charge in [0.2, 0.25) is 5.78 Å². The Morgan fingerprint density at radius 3 is 2.82 bits per heavy atom. The van der Waals surface area contributed by atoms with Crippen LogP contribution in [0, 0.1) is 0 Å². The molecule has 0 aliphatic carbocycles. The van der Waals surface area contributed by atoms with Crippen molar-refractivity contribution in [2.75, 3.05) is 6.61 Å². The number of ether oxygens (including phenoxy) is 3. The van der Waals surface area contributed by atoms with Gasteiger partial charge in [-0.25, -0.2) is 0 Å². The van der Waals surface area contributed by atoms with Gasteiger partial charge in [-0.2, -0.15) is 0 Å². The number of hydrogen-bond acceptors (Lipinski definition) is 7. The average Bonchev–Trinajstić information content (AvgIpc) is 3.13. The lowest BCUT2D eigenvalue weighted by atomic mass is 9.84. The zero-order chi connectivity index (χ0) is 22.9. The quantitative estimate of drug-likeness (QED) is 0.367. The molecular formula is C25H18N2O6. The number of primary amides is 1. The number of aromatic nitrogens is 1. The van der Waals surface area contributed by atoms with Crippen LogP contribution in [0.1, 0.15) is 39.4 Å². The SMILES string of the molecule is NC(=O)COc1cccc([C@@H]2CC(=O)Oc3ccc4c(c32)O/C(=C\c2cccnc2)C4=O)c1. The van der Waals surface area contributed by atoms with E-state index in [-0.39, 0.29) is 24.6 Å². The third-order valence-corrected chi connectivity index (χ3v) is 5.40. The fraction of sp³-hybridized carbons (Fsp3) is 0.120. The molecule has 2 aromatic carbocycles. The van der Waals surface area contributed by atoms with Gasteiger partial charge in [-0.05, 0) is 47.5 Å². The number of carbonyl (C=O) groups is 3. The molecule has 5 rings (SSSR count). The molecule has 3 aromatic rings. The second-order valence-electron chi connectivity index (χ2n) is 7.64. The first-order valence-electron chi connectivity index (χ1n) is 10.2. The van der Waals surface area contributed by atoms with Crippen LogP contribution in [-0.4, -0.2) is 29.3 Å². The van der Waals surface area contributed by atoms with Crippen LogP contribution in [0.4, 0.5) is 0 Å². The molecule has 8 nitrogen and oxygen atoms in total. The van der Waals surface area contributed by atoms with Crippen molar-refractivity contribution in [2.45, 2.75) is 12.3 Å². The van der Waals surface area contributed by atoms with Gasteiger partial charge in [0.1, 0.15) is 17.2 Å². The number of benzene rings is 2. The van der Waals surface area contributed by atoms with Crippen LogP contribution in [-0.2, 0) is 9.59 Å². The molecule has 0 spiro atoms. The summed E-state index contributed by atoms with van der Waals surface area (Å²) < 4.78 is 16.9. The number of carbonyl (C=O) groups excluding carboxylic acids is 3. The van der Waals surface area contributed by atoms with Crippen LogP contribution in [0.2, 0.25) is 0 Å². The number of allylic oxidation sites excluding steroid dienone is 1. The summed E-state index contributed by atoms with van der Waals surface area (Å²) in [6.45, 7) is -0.262. The van der Waals surface area contributed by atoms with E-state index < -0.39 is 17.8 Å². The van der Waals surface area contributed by atoms with Gasteiger partial charge in [0.25, 0.3) is 5.91 Å². The summed E-state index contributed by atoms with van der Waals surface area (Å²) >= 11 is 0. The Labute approximate surface area is 188 Å². The number of nitrogens with two attached hydrogens (primary N) is 1. The van der Waals surface area contributed by atoms with Crippen molar-refractivity contribution in [2.24, 2.45) is 5.73 Å². The highest BCUT2D eigenvalue weighted by Gasteiger charge is 2.38. The smallest absolute Gasteiger partial charge is 0.312 e. The minimum absolute atomic E-state index is 0.0575. The van der Waals surface area contributed by atoms with E-state index in [2.05, 4.69) is 4.98 Å². The molecule has 2 N–H and O–H groups in total. The second kappa shape index (κ2) is 8.23. The number of rotatable bonds is 5. The third-order valence-electron chi connectivity index (χ3n) is 5.40. The fourth-order valence-corrected chi connectivity index (χ4v) is 3.98. The number of ketones is 1. The normalized spacial score (nSPS) is 17.7. The minimum atomic E-state index is -0.593. The van der Waals surface area contributed by atoms with E-state index in [4.69, 9.17) is 19.9 Å². The molecule has 164 valence electrons. The van der Waals surface area contributed by atoms with E-state index in [0.717, 1.165) is 11.1 Å². The topological polar surface area (TPSA) is 118 Å². The van der Waals surface area contributed by atoms with E-state index in [9.17, 15) is 14.4 Å². The van der Waals surface area contributed by atoms with Crippen LogP contribution in [0.3, 0.4) is 0 Å². The van der Waals surface area contributed by atoms with Crippen molar-refractivity contribution >= 4 is 23.7 Å². The van der Waals surface area contributed by atoms with Crippen LogP contribution in [0.5, 0.6) is 17.2 Å². The van der Waals surface area contributed by atoms with Crippen LogP contribution < -0.4 is 19.9 Å². The van der Waals surface area contributed by atoms with Gasteiger partial charge in [0.05, 0.1) is 12.0 Å². The Morgan fingerprint density at radius 1 is 1.15 bits per heavy atom. The molecule has 0 fully saturated rings. The highest BCUT2D eigenvalue weighted by molar-refractivity contribution is 6.15. The predicted octanol–water partition coefficient (Wildman–Crippen LogP) is 3.00. The van der Waals surface area contributed by atoms with Crippen LogP contribution in [0.25, 0.3) is 6.08 Å². The molecule has 1 atom stereocenters. The van der Waals surface area contributed by atoms with Gasteiger partial charge in [-0.3, -0.25) is 19.4 Å². The summed E-state index contributed by atoms with van der Waals surface area (Å²) in [6, 6.07) is 13.8. The van der Waals surface area contributed by atoms with Crippen LogP contribution >= 0.6 is 0 Å². The van der Waals surface area contributed by atoms with Crippen molar-refractivity contribution in [1.29, 1.82) is 0 Å². The van der Waals surface area contributed by atoms with Gasteiger partial charge >= 0.3 is 5.97 Å². The predicted molar refractivity (Wildman–Crippen MR) is 117 cm³/mol. The molecule has 33 heavy (non-hydrogen) atoms. The molecule has 0 saturated carbocycles. The highest BCUT2D eigenvalue weighted by Crippen LogP contribution is 2.49. The first kappa shape index (κ1) is 20.4. The zero-order valence-corrected chi connectivity index (χ0v) is 17.3. The summed E-state index contributed by atoms with van der Waals surface area (Å²) in [5.74, 6) is -0.364. The first-order chi connectivity index (χ1) is 16.0. The zero-order valence-electron chi connectivity index (χ0n) is 17.3. The number of amides is 1. The largest absolute Gasteiger partial charge is 0.484 e. The Morgan fingerprint density at radius 2 is 2.03 bits per heavy atom. The molecule has 1 aromatic heterocycles. The standard InChI is InChI=1S/C25H18N2O6/c26-21(28)13-31-16-5-1-4-15(10-16)18-11-22(29)32-19-7-6-17-24(30)20(33-25(17)23(18)19)9-14-3-2-8-27-12-14/h1-10,12,18H,11,13H2,(H2,26,28)/b20-9-/t18-/m0/s1. The van der Waals surface area contributed by atoms with E-state index >= 15 is 0 Å². The van der Waals surface area contributed by atoms with E-state index in [1.807, 2.05) is 12.1 Å². The first-order valence-corrected chi connectivity index (χ1v) is 10.2. The fourth-order valence-electron chi connectivity index (χ4n) is 3.98. The number of esters is 1. The Bertz CT molecular complexity index is 1320. The maximum Gasteiger partial charge on any atom is 0.312 e. The summed E-state index contributed by atoms with van der Waals surface area (Å²) in [7, 11) is 0. The number of pyridine rings is 1. The minimum Gasteiger partial charge on any atom is -0.484 e. The molecule has 3 heterocycles. The average molecular weight is 442 g/mol. The summed E-state index contributed by atoms with van der Waals surface area (Å²) in [5, 5.41) is 0. The van der Waals surface area contributed by atoms with E-state index in [1.54, 1.807) is 54.9 Å². The molecule has 0 radical (unpaired) electrons. The van der Waals surface area contributed by atoms with Gasteiger partial charge in [0, 0.05) is 23.9 Å². The summed E-state index contributed by atoms with van der Waals surface area (Å²) in [4.78, 5) is 40.5. The van der Waals surface area contributed by atoms with Gasteiger partial charge < -0.3 is 19.9 Å². The van der Waals surface area contributed by atoms with Gasteiger partial charge in [-0.15, -0.1) is 0 Å². The Hall–Kier alpha value is -4.46. The van der Waals surface area contributed by atoms with Gasteiger partial charge in [-0.1, -0.05) is 18.2 Å². The second-order valence-corrected chi connectivity index (χ2v) is 7.64. The summed E-state index contributed by atoms with van der Waals surface area (Å²) in [6.07, 6.45) is 4.96. The molecule has 8 heteroatoms. The van der Waals surface area contributed by atoms with Crippen molar-refractivity contribution in [1.82, 2.24) is 4.98 Å². The van der Waals surface area contributed by atoms with Gasteiger partial charge in [0.15, 0.2) is 12.4 Å². The van der Waals surface area contributed by atoms with Crippen molar-refractivity contribution in [3.63, 3.8) is 0 Å². The maximum absolute atomic E-state index is 13.0. The number of Topliss-reactive ketones (excluding diaryl/α,β-unsaturated/α-hetero) is 1. The maximum atomic E-state index is 13.0. The highest BCUT2D eigenvalue weighted by atomic mass is 16.5. The van der Waals surface area contributed by atoms with E-state index in [0.29, 0.717) is 28.4 Å². The molecule has 0 unspecified atom stereocenters. The molecular weight excluding hydrogens is 424 g/mol. The monoisotopic (exact) mass is 442 g/mol. The Balaban J connectivity index is 1.56. The molecule has 2 aliphatic heterocycles. The Kier molecular flexibility index (Phi) is 5.10. The number of fused-ring (bicyclic) bond motifs is 3. The number of nitrogens with zero attached hydrogens (tertiary/aromatic N) is 1. The number of hydrogen-bond donors (Lipinski definition) is 1. The van der Waals surface area contributed by atoms with E-state index in [1.165, 1.54) is 0 Å².